The fraction of sp³-hybridized carbons (Fsp3) is 0.917. The van der Waals surface area contributed by atoms with E-state index in [4.69, 9.17) is 5.73 Å². The molecular weight excluding hydrogens is 174 g/mol. The number of hydrogen-bond donors (Lipinski definition) is 0. The quantitative estimate of drug-likeness (QED) is 0.665. The zero-order chi connectivity index (χ0) is 10.4. The van der Waals surface area contributed by atoms with Crippen LogP contribution >= 0.6 is 0 Å². The highest BCUT2D eigenvalue weighted by atomic mass is 16.1. The van der Waals surface area contributed by atoms with Gasteiger partial charge in [0.25, 0.3) is 0 Å². The Hall–Kier alpha value is -0.530. The van der Waals surface area contributed by atoms with Crippen molar-refractivity contribution in [1.29, 1.82) is 0 Å². The summed E-state index contributed by atoms with van der Waals surface area (Å²) < 4.78 is 0. The van der Waals surface area contributed by atoms with Gasteiger partial charge in [0.15, 0.2) is 0 Å². The Bertz CT molecular complexity index is 183. The minimum atomic E-state index is -0.358. The van der Waals surface area contributed by atoms with E-state index in [2.05, 4.69) is 6.92 Å². The monoisotopic (exact) mass is 196 g/mol. The molecule has 1 rings (SSSR count). The molecule has 1 amide bonds. The number of rotatable bonds is 5. The van der Waals surface area contributed by atoms with E-state index >= 15 is 0 Å². The molecule has 0 unspecified atom stereocenters. The highest BCUT2D eigenvalue weighted by Crippen LogP contribution is 2.43. The van der Waals surface area contributed by atoms with E-state index in [9.17, 15) is 4.79 Å². The first kappa shape index (κ1) is 11.5. The van der Waals surface area contributed by atoms with Crippen molar-refractivity contribution in [3.05, 3.63) is 0 Å². The molecule has 81 valence electrons. The summed E-state index contributed by atoms with van der Waals surface area (Å²) in [7, 11) is 0. The van der Waals surface area contributed by atoms with Gasteiger partial charge in [0.05, 0.1) is 0 Å². The lowest BCUT2D eigenvalue weighted by atomic mass is 9.69. The van der Waals surface area contributed by atoms with Crippen molar-refractivity contribution >= 4 is 5.91 Å². The van der Waals surface area contributed by atoms with Crippen molar-refractivity contribution in [3.63, 3.8) is 0 Å². The van der Waals surface area contributed by atoms with Crippen LogP contribution in [-0.4, -0.2) is 5.91 Å². The lowest BCUT2D eigenvalue weighted by molar-refractivity contribution is -0.121. The lowest BCUT2D eigenvalue weighted by Gasteiger charge is -2.36. The number of carbonyl (C=O) groups excluding carboxylic acids is 1. The molecule has 0 bridgehead atoms. The Morgan fingerprint density at radius 1 is 1.29 bits per heavy atom. The van der Waals surface area contributed by atoms with Crippen molar-refractivity contribution < 1.29 is 4.79 Å². The van der Waals surface area contributed by atoms with Crippen molar-refractivity contribution in [3.8, 4) is 0 Å². The predicted molar refractivity (Wildman–Crippen MR) is 57.8 cm³/mol. The second kappa shape index (κ2) is 5.38. The van der Waals surface area contributed by atoms with Gasteiger partial charge in [-0.3, -0.25) is 10.5 Å². The number of nitrogens with one attached hydrogen (secondary N) is 1. The molecule has 1 fully saturated rings. The van der Waals surface area contributed by atoms with Gasteiger partial charge in [-0.1, -0.05) is 39.0 Å². The van der Waals surface area contributed by atoms with E-state index < -0.39 is 0 Å². The first-order chi connectivity index (χ1) is 6.68. The van der Waals surface area contributed by atoms with Crippen molar-refractivity contribution in [1.82, 2.24) is 5.73 Å². The number of carbonyl (C=O) groups is 1. The van der Waals surface area contributed by atoms with Crippen molar-refractivity contribution in [2.24, 2.45) is 5.41 Å². The molecule has 0 atom stereocenters. The number of unbranched alkanes of at least 4 members (excludes halogenated alkanes) is 1. The van der Waals surface area contributed by atoms with Crippen LogP contribution in [0.5, 0.6) is 0 Å². The highest BCUT2D eigenvalue weighted by Gasteiger charge is 2.32. The third-order valence-electron chi connectivity index (χ3n) is 3.51. The van der Waals surface area contributed by atoms with Gasteiger partial charge in [0.2, 0.25) is 5.91 Å². The smallest absolute Gasteiger partial charge is 0.238 e. The molecule has 2 heteroatoms. The summed E-state index contributed by atoms with van der Waals surface area (Å²) in [5.41, 5.74) is 7.35. The van der Waals surface area contributed by atoms with Crippen LogP contribution in [0.2, 0.25) is 0 Å². The van der Waals surface area contributed by atoms with Crippen LogP contribution in [0.1, 0.15) is 64.7 Å². The van der Waals surface area contributed by atoms with Crippen molar-refractivity contribution in [2.45, 2.75) is 64.7 Å². The minimum absolute atomic E-state index is 0.215. The van der Waals surface area contributed by atoms with Crippen LogP contribution in [0.25, 0.3) is 0 Å². The normalized spacial score (nSPS) is 20.6. The van der Waals surface area contributed by atoms with Gasteiger partial charge in [-0.2, -0.15) is 0 Å². The molecule has 0 aromatic rings. The van der Waals surface area contributed by atoms with Gasteiger partial charge in [0, 0.05) is 6.42 Å². The van der Waals surface area contributed by atoms with Gasteiger partial charge in [-0.25, -0.2) is 0 Å². The second-order valence-electron chi connectivity index (χ2n) is 4.76. The average Bonchev–Trinajstić information content (AvgIpc) is 2.15. The summed E-state index contributed by atoms with van der Waals surface area (Å²) in [5.74, 6) is -0.358. The van der Waals surface area contributed by atoms with Crippen molar-refractivity contribution in [2.75, 3.05) is 0 Å². The Morgan fingerprint density at radius 3 is 2.43 bits per heavy atom. The van der Waals surface area contributed by atoms with Crippen LogP contribution in [0, 0.1) is 5.41 Å². The fourth-order valence-corrected chi connectivity index (χ4v) is 2.71. The molecule has 0 heterocycles. The molecule has 0 aliphatic heterocycles. The Balaban J connectivity index is 2.52. The molecule has 1 radical (unpaired) electrons. The van der Waals surface area contributed by atoms with E-state index in [1.54, 1.807) is 0 Å². The minimum Gasteiger partial charge on any atom is -0.273 e. The molecule has 0 aromatic carbocycles. The SMILES string of the molecule is CCCCC1(CC([NH])=O)CCCCC1. The number of hydrogen-bond acceptors (Lipinski definition) is 1. The molecule has 0 aromatic heterocycles. The first-order valence-electron chi connectivity index (χ1n) is 5.93. The van der Waals surface area contributed by atoms with Crippen LogP contribution in [0.3, 0.4) is 0 Å². The van der Waals surface area contributed by atoms with E-state index in [0.717, 1.165) is 6.42 Å². The molecule has 2 nitrogen and oxygen atoms in total. The maximum absolute atomic E-state index is 10.9. The summed E-state index contributed by atoms with van der Waals surface area (Å²) >= 11 is 0. The van der Waals surface area contributed by atoms with Gasteiger partial charge in [-0.15, -0.1) is 0 Å². The average molecular weight is 196 g/mol. The summed E-state index contributed by atoms with van der Waals surface area (Å²) in [6.45, 7) is 2.19. The van der Waals surface area contributed by atoms with Crippen LogP contribution in [0.4, 0.5) is 0 Å². The molecule has 0 saturated heterocycles. The topological polar surface area (TPSA) is 40.9 Å². The Labute approximate surface area is 87.2 Å². The predicted octanol–water partition coefficient (Wildman–Crippen LogP) is 3.33. The van der Waals surface area contributed by atoms with Gasteiger partial charge < -0.3 is 0 Å². The maximum Gasteiger partial charge on any atom is 0.238 e. The third kappa shape index (κ3) is 3.32. The van der Waals surface area contributed by atoms with Crippen LogP contribution in [0.15, 0.2) is 0 Å². The lowest BCUT2D eigenvalue weighted by Crippen LogP contribution is -2.27. The zero-order valence-electron chi connectivity index (χ0n) is 9.27. The molecule has 1 aliphatic rings. The molecule has 1 aliphatic carbocycles. The maximum atomic E-state index is 10.9. The van der Waals surface area contributed by atoms with E-state index in [-0.39, 0.29) is 11.3 Å². The second-order valence-corrected chi connectivity index (χ2v) is 4.76. The highest BCUT2D eigenvalue weighted by molar-refractivity contribution is 5.73. The number of amides is 1. The van der Waals surface area contributed by atoms with Gasteiger partial charge in [-0.05, 0) is 24.7 Å². The first-order valence-corrected chi connectivity index (χ1v) is 5.93. The van der Waals surface area contributed by atoms with E-state index in [1.165, 1.54) is 44.9 Å². The van der Waals surface area contributed by atoms with Crippen LogP contribution < -0.4 is 5.73 Å². The van der Waals surface area contributed by atoms with Crippen LogP contribution in [-0.2, 0) is 4.79 Å². The summed E-state index contributed by atoms with van der Waals surface area (Å²) in [6.07, 6.45) is 10.3. The largest absolute Gasteiger partial charge is 0.273 e. The molecule has 1 N–H and O–H groups in total. The van der Waals surface area contributed by atoms with Gasteiger partial charge >= 0.3 is 0 Å². The fourth-order valence-electron chi connectivity index (χ4n) is 2.71. The van der Waals surface area contributed by atoms with E-state index in [0.29, 0.717) is 6.42 Å². The molecule has 0 spiro atoms. The molecule has 14 heavy (non-hydrogen) atoms. The standard InChI is InChI=1S/C12H22NO/c1-2-3-7-12(10-11(13)14)8-5-4-6-9-12/h13H,2-10H2,1H3. The summed E-state index contributed by atoms with van der Waals surface area (Å²) in [6, 6.07) is 0. The molecule has 1 saturated carbocycles. The zero-order valence-corrected chi connectivity index (χ0v) is 9.27. The summed E-state index contributed by atoms with van der Waals surface area (Å²) in [5, 5.41) is 0. The van der Waals surface area contributed by atoms with Gasteiger partial charge in [0.1, 0.15) is 0 Å². The Morgan fingerprint density at radius 2 is 1.93 bits per heavy atom. The molecular formula is C12H22NO. The third-order valence-corrected chi connectivity index (χ3v) is 3.51. The summed E-state index contributed by atoms with van der Waals surface area (Å²) in [4.78, 5) is 10.9. The Kier molecular flexibility index (Phi) is 4.43. The van der Waals surface area contributed by atoms with E-state index in [1.807, 2.05) is 0 Å².